The maximum Gasteiger partial charge on any atom is 0.179 e. The lowest BCUT2D eigenvalue weighted by Crippen LogP contribution is -2.74. The van der Waals surface area contributed by atoms with Crippen LogP contribution in [0.4, 0.5) is 17.1 Å². The topological polar surface area (TPSA) is 3.24 Å². The molecule has 0 saturated heterocycles. The van der Waals surface area contributed by atoms with Crippen molar-refractivity contribution in [2.75, 3.05) is 4.90 Å². The van der Waals surface area contributed by atoms with Crippen LogP contribution in [0.5, 0.6) is 0 Å². The smallest absolute Gasteiger partial charge is 0.179 e. The molecule has 13 rings (SSSR count). The second-order valence-corrected chi connectivity index (χ2v) is 23.7. The summed E-state index contributed by atoms with van der Waals surface area (Å²) in [6, 6.07) is 123. The highest BCUT2D eigenvalue weighted by Gasteiger charge is 2.41. The molecule has 2 heteroatoms. The number of hydrogen-bond acceptors (Lipinski definition) is 1. The average molecular weight is 1010 g/mol. The molecular formula is C76H55NSi. The monoisotopic (exact) mass is 1010 g/mol. The van der Waals surface area contributed by atoms with Crippen LogP contribution in [0.15, 0.2) is 334 Å². The van der Waals surface area contributed by atoms with Gasteiger partial charge in [-0.05, 0) is 147 Å². The molecule has 0 heterocycles. The van der Waals surface area contributed by atoms with E-state index in [-0.39, 0.29) is 0 Å². The fraction of sp³-hybridized carbons (Fsp3) is 0. The van der Waals surface area contributed by atoms with Crippen molar-refractivity contribution < 1.29 is 0 Å². The lowest BCUT2D eigenvalue weighted by molar-refractivity contribution is 1.29. The van der Waals surface area contributed by atoms with Crippen molar-refractivity contribution in [3.63, 3.8) is 0 Å². The van der Waals surface area contributed by atoms with E-state index in [2.05, 4.69) is 339 Å². The van der Waals surface area contributed by atoms with Crippen LogP contribution in [-0.2, 0) is 0 Å². The van der Waals surface area contributed by atoms with Gasteiger partial charge < -0.3 is 4.90 Å². The SMILES string of the molecule is c1ccc(-c2c(-c3ccccc3)c(-c3ccccc3)c3cc(-c4cccc(-c5ccc(N(c6ccccc6)c6cccc([Si](c7ccccc7)(c7ccccc7)c7ccccc7)c6)cc5)c4)ccc3c2-c2ccccc2)cc1. The second-order valence-electron chi connectivity index (χ2n) is 19.9. The highest BCUT2D eigenvalue weighted by atomic mass is 28.3. The third-order valence-corrected chi connectivity index (χ3v) is 20.2. The van der Waals surface area contributed by atoms with E-state index in [1.807, 2.05) is 0 Å². The van der Waals surface area contributed by atoms with E-state index in [1.54, 1.807) is 0 Å². The first kappa shape index (κ1) is 47.8. The van der Waals surface area contributed by atoms with Gasteiger partial charge in [-0.15, -0.1) is 0 Å². The summed E-state index contributed by atoms with van der Waals surface area (Å²) in [5.74, 6) is 0. The van der Waals surface area contributed by atoms with Gasteiger partial charge in [0, 0.05) is 17.1 Å². The molecule has 0 radical (unpaired) electrons. The third-order valence-electron chi connectivity index (χ3n) is 15.4. The molecule has 0 amide bonds. The molecular weight excluding hydrogens is 955 g/mol. The van der Waals surface area contributed by atoms with Gasteiger partial charge in [-0.1, -0.05) is 285 Å². The van der Waals surface area contributed by atoms with Crippen LogP contribution in [0.3, 0.4) is 0 Å². The van der Waals surface area contributed by atoms with Crippen LogP contribution in [0.2, 0.25) is 0 Å². The summed E-state index contributed by atoms with van der Waals surface area (Å²) in [6.45, 7) is 0. The van der Waals surface area contributed by atoms with Crippen molar-refractivity contribution in [3.8, 4) is 66.8 Å². The van der Waals surface area contributed by atoms with Crippen molar-refractivity contribution in [2.45, 2.75) is 0 Å². The maximum atomic E-state index is 2.45. The zero-order valence-corrected chi connectivity index (χ0v) is 44.2. The van der Waals surface area contributed by atoms with Gasteiger partial charge in [-0.2, -0.15) is 0 Å². The molecule has 13 aromatic carbocycles. The highest BCUT2D eigenvalue weighted by Crippen LogP contribution is 2.51. The third kappa shape index (κ3) is 8.94. The minimum absolute atomic E-state index is 1.09. The predicted molar refractivity (Wildman–Crippen MR) is 335 cm³/mol. The number of nitrogens with zero attached hydrogens (tertiary/aromatic N) is 1. The molecule has 0 spiro atoms. The zero-order valence-electron chi connectivity index (χ0n) is 43.2. The first-order chi connectivity index (χ1) is 38.7. The molecule has 0 bridgehead atoms. The van der Waals surface area contributed by atoms with Gasteiger partial charge in [0.2, 0.25) is 0 Å². The van der Waals surface area contributed by atoms with Crippen molar-refractivity contribution in [1.82, 2.24) is 0 Å². The second kappa shape index (κ2) is 21.4. The van der Waals surface area contributed by atoms with E-state index in [1.165, 1.54) is 81.6 Å². The van der Waals surface area contributed by atoms with Gasteiger partial charge in [0.25, 0.3) is 0 Å². The minimum atomic E-state index is -2.78. The van der Waals surface area contributed by atoms with E-state index in [0.717, 1.165) is 33.8 Å². The van der Waals surface area contributed by atoms with E-state index < -0.39 is 8.07 Å². The van der Waals surface area contributed by atoms with Crippen molar-refractivity contribution in [2.24, 2.45) is 0 Å². The largest absolute Gasteiger partial charge is 0.311 e. The molecule has 0 N–H and O–H groups in total. The molecule has 0 unspecified atom stereocenters. The van der Waals surface area contributed by atoms with Crippen LogP contribution < -0.4 is 25.6 Å². The van der Waals surface area contributed by atoms with Crippen molar-refractivity contribution in [1.29, 1.82) is 0 Å². The molecule has 13 aromatic rings. The number of fused-ring (bicyclic) bond motifs is 1. The lowest BCUT2D eigenvalue weighted by Gasteiger charge is -2.35. The molecule has 78 heavy (non-hydrogen) atoms. The summed E-state index contributed by atoms with van der Waals surface area (Å²) in [4.78, 5) is 2.40. The first-order valence-corrected chi connectivity index (χ1v) is 28.9. The Morgan fingerprint density at radius 1 is 0.179 bits per heavy atom. The Morgan fingerprint density at radius 3 is 0.974 bits per heavy atom. The fourth-order valence-corrected chi connectivity index (χ4v) is 16.7. The van der Waals surface area contributed by atoms with Gasteiger partial charge in [-0.3, -0.25) is 0 Å². The lowest BCUT2D eigenvalue weighted by atomic mass is 9.78. The van der Waals surface area contributed by atoms with E-state index in [9.17, 15) is 0 Å². The minimum Gasteiger partial charge on any atom is -0.311 e. The summed E-state index contributed by atoms with van der Waals surface area (Å²) >= 11 is 0. The van der Waals surface area contributed by atoms with E-state index in [4.69, 9.17) is 0 Å². The number of hydrogen-bond donors (Lipinski definition) is 0. The van der Waals surface area contributed by atoms with Crippen molar-refractivity contribution >= 4 is 56.7 Å². The van der Waals surface area contributed by atoms with Gasteiger partial charge >= 0.3 is 0 Å². The van der Waals surface area contributed by atoms with Crippen LogP contribution in [0.25, 0.3) is 77.5 Å². The summed E-state index contributed by atoms with van der Waals surface area (Å²) in [5.41, 5.74) is 17.6. The number of para-hydroxylation sites is 1. The molecule has 0 fully saturated rings. The molecule has 0 atom stereocenters. The fourth-order valence-electron chi connectivity index (χ4n) is 11.9. The van der Waals surface area contributed by atoms with Crippen LogP contribution in [-0.4, -0.2) is 8.07 Å². The normalized spacial score (nSPS) is 11.3. The Balaban J connectivity index is 0.934. The van der Waals surface area contributed by atoms with Gasteiger partial charge in [0.05, 0.1) is 0 Å². The van der Waals surface area contributed by atoms with E-state index in [0.29, 0.717) is 0 Å². The average Bonchev–Trinajstić information content (AvgIpc) is 3.47. The maximum absolute atomic E-state index is 2.78. The molecule has 0 saturated carbocycles. The molecule has 0 aliphatic carbocycles. The Morgan fingerprint density at radius 2 is 0.500 bits per heavy atom. The van der Waals surface area contributed by atoms with Crippen LogP contribution >= 0.6 is 0 Å². The van der Waals surface area contributed by atoms with Crippen molar-refractivity contribution in [3.05, 3.63) is 334 Å². The van der Waals surface area contributed by atoms with Gasteiger partial charge in [0.1, 0.15) is 0 Å². The van der Waals surface area contributed by atoms with Crippen LogP contribution in [0, 0.1) is 0 Å². The Labute approximate surface area is 459 Å². The summed E-state index contributed by atoms with van der Waals surface area (Å²) in [7, 11) is -2.78. The standard InChI is InChI=1S/C76H55NSi/c1-9-27-57(28-10-1)73-71-52-49-63(54-72(71)74(58-29-11-2-12-30-58)76(60-33-15-4-16-34-60)75(73)59-31-13-3-14-32-59)62-36-25-35-61(53-62)56-47-50-65(51-48-56)77(64-37-17-5-18-38-64)66-39-26-46-70(55-66)78(67-40-19-6-20-41-67,68-42-21-7-22-43-68)69-44-23-8-24-45-69/h1-55H. The summed E-state index contributed by atoms with van der Waals surface area (Å²) < 4.78 is 0. The molecule has 0 aromatic heterocycles. The molecule has 368 valence electrons. The predicted octanol–water partition coefficient (Wildman–Crippen LogP) is 17.7. The zero-order chi connectivity index (χ0) is 52.1. The Kier molecular flexibility index (Phi) is 13.1. The van der Waals surface area contributed by atoms with E-state index >= 15 is 0 Å². The Bertz CT molecular complexity index is 4040. The van der Waals surface area contributed by atoms with Crippen LogP contribution in [0.1, 0.15) is 0 Å². The quantitative estimate of drug-likeness (QED) is 0.0822. The summed E-state index contributed by atoms with van der Waals surface area (Å²) in [6.07, 6.45) is 0. The number of rotatable bonds is 13. The highest BCUT2D eigenvalue weighted by molar-refractivity contribution is 7.19. The summed E-state index contributed by atoms with van der Waals surface area (Å²) in [5, 5.41) is 7.81. The number of benzene rings is 13. The molecule has 1 nitrogen and oxygen atoms in total. The first-order valence-electron chi connectivity index (χ1n) is 26.9. The van der Waals surface area contributed by atoms with Gasteiger partial charge in [-0.25, -0.2) is 0 Å². The number of anilines is 3. The van der Waals surface area contributed by atoms with Gasteiger partial charge in [0.15, 0.2) is 8.07 Å². The molecule has 0 aliphatic rings. The Hall–Kier alpha value is -9.86. The molecule has 0 aliphatic heterocycles.